The van der Waals surface area contributed by atoms with Crippen LogP contribution < -0.4 is 5.73 Å². The van der Waals surface area contributed by atoms with Gasteiger partial charge in [0, 0.05) is 18.0 Å². The Morgan fingerprint density at radius 3 is 2.66 bits per heavy atom. The van der Waals surface area contributed by atoms with Crippen LogP contribution in [0.25, 0.3) is 11.5 Å². The zero-order valence-electron chi connectivity index (χ0n) is 15.0. The molecule has 0 bridgehead atoms. The summed E-state index contributed by atoms with van der Waals surface area (Å²) in [7, 11) is 0. The first-order chi connectivity index (χ1) is 14.1. The van der Waals surface area contributed by atoms with Gasteiger partial charge in [0.1, 0.15) is 17.8 Å². The Labute approximate surface area is 165 Å². The number of pyridine rings is 1. The molecule has 1 aliphatic heterocycles. The quantitative estimate of drug-likeness (QED) is 0.538. The molecule has 2 aromatic heterocycles. The third kappa shape index (κ3) is 3.19. The molecular formula is C20H14N6O3. The summed E-state index contributed by atoms with van der Waals surface area (Å²) < 4.78 is 7.33. The Morgan fingerprint density at radius 2 is 2.03 bits per heavy atom. The van der Waals surface area contributed by atoms with E-state index in [0.717, 1.165) is 0 Å². The summed E-state index contributed by atoms with van der Waals surface area (Å²) in [5.41, 5.74) is 8.14. The number of nitro groups is 1. The fourth-order valence-electron chi connectivity index (χ4n) is 3.22. The van der Waals surface area contributed by atoms with E-state index in [-0.39, 0.29) is 17.3 Å². The van der Waals surface area contributed by atoms with Crippen LogP contribution in [0.4, 0.5) is 5.82 Å². The number of hydrogen-bond acceptors (Lipinski definition) is 7. The highest BCUT2D eigenvalue weighted by Gasteiger charge is 2.35. The van der Waals surface area contributed by atoms with E-state index in [2.05, 4.69) is 16.0 Å². The van der Waals surface area contributed by atoms with Crippen molar-refractivity contribution in [3.05, 3.63) is 100 Å². The molecule has 1 unspecified atom stereocenters. The van der Waals surface area contributed by atoms with Gasteiger partial charge in [0.2, 0.25) is 12.2 Å². The highest BCUT2D eigenvalue weighted by molar-refractivity contribution is 5.86. The van der Waals surface area contributed by atoms with E-state index in [9.17, 15) is 15.4 Å². The van der Waals surface area contributed by atoms with Crippen molar-refractivity contribution in [2.45, 2.75) is 5.92 Å². The van der Waals surface area contributed by atoms with Crippen LogP contribution >= 0.6 is 0 Å². The van der Waals surface area contributed by atoms with E-state index < -0.39 is 10.8 Å². The first kappa shape index (κ1) is 17.9. The highest BCUT2D eigenvalue weighted by Crippen LogP contribution is 2.44. The number of allylic oxidation sites excluding steroid dienone is 2. The molecular weight excluding hydrogens is 372 g/mol. The molecule has 1 aromatic carbocycles. The van der Waals surface area contributed by atoms with E-state index in [4.69, 9.17) is 10.5 Å². The van der Waals surface area contributed by atoms with Crippen LogP contribution in [0.15, 0.2) is 78.8 Å². The van der Waals surface area contributed by atoms with Crippen LogP contribution in [0.2, 0.25) is 0 Å². The number of aromatic nitrogens is 3. The van der Waals surface area contributed by atoms with E-state index >= 15 is 0 Å². The molecule has 3 aromatic rings. The Balaban J connectivity index is 2.02. The molecule has 0 radical (unpaired) electrons. The maximum atomic E-state index is 11.2. The summed E-state index contributed by atoms with van der Waals surface area (Å²) in [4.78, 5) is 18.6. The number of nitriles is 1. The summed E-state index contributed by atoms with van der Waals surface area (Å²) in [6, 6.07) is 14.8. The molecule has 0 amide bonds. The molecule has 1 aliphatic rings. The van der Waals surface area contributed by atoms with E-state index in [1.54, 1.807) is 18.5 Å². The summed E-state index contributed by atoms with van der Waals surface area (Å²) in [5.74, 6) is -0.621. The largest absolute Gasteiger partial charge is 0.438 e. The van der Waals surface area contributed by atoms with Crippen LogP contribution in [0, 0.1) is 21.4 Å². The van der Waals surface area contributed by atoms with Gasteiger partial charge in [0.05, 0.1) is 11.6 Å². The molecule has 2 N–H and O–H groups in total. The van der Waals surface area contributed by atoms with Gasteiger partial charge in [-0.3, -0.25) is 9.55 Å². The predicted octanol–water partition coefficient (Wildman–Crippen LogP) is 3.02. The lowest BCUT2D eigenvalue weighted by Crippen LogP contribution is -2.22. The Kier molecular flexibility index (Phi) is 4.50. The van der Waals surface area contributed by atoms with Crippen LogP contribution in [-0.2, 0) is 4.74 Å². The van der Waals surface area contributed by atoms with Crippen molar-refractivity contribution in [3.63, 3.8) is 0 Å². The Morgan fingerprint density at radius 1 is 1.24 bits per heavy atom. The third-order valence-electron chi connectivity index (χ3n) is 4.48. The smallest absolute Gasteiger partial charge is 0.381 e. The second-order valence-corrected chi connectivity index (χ2v) is 6.19. The van der Waals surface area contributed by atoms with Crippen LogP contribution in [-0.4, -0.2) is 19.5 Å². The van der Waals surface area contributed by atoms with Gasteiger partial charge in [-0.1, -0.05) is 36.4 Å². The van der Waals surface area contributed by atoms with E-state index in [0.29, 0.717) is 22.6 Å². The molecule has 0 aliphatic carbocycles. The van der Waals surface area contributed by atoms with Crippen molar-refractivity contribution in [2.75, 3.05) is 0 Å². The van der Waals surface area contributed by atoms with Crippen molar-refractivity contribution in [2.24, 2.45) is 5.73 Å². The molecule has 142 valence electrons. The average Bonchev–Trinajstić information content (AvgIpc) is 3.24. The molecule has 0 fully saturated rings. The van der Waals surface area contributed by atoms with Gasteiger partial charge < -0.3 is 20.6 Å². The Hall–Kier alpha value is -4.45. The van der Waals surface area contributed by atoms with Gasteiger partial charge >= 0.3 is 5.82 Å². The number of benzene rings is 1. The minimum atomic E-state index is -0.647. The first-order valence-corrected chi connectivity index (χ1v) is 8.56. The monoisotopic (exact) mass is 386 g/mol. The van der Waals surface area contributed by atoms with Crippen molar-refractivity contribution in [3.8, 4) is 6.07 Å². The lowest BCUT2D eigenvalue weighted by atomic mass is 9.86. The van der Waals surface area contributed by atoms with Crippen LogP contribution in [0.5, 0.6) is 0 Å². The number of ether oxygens (including phenoxy) is 1. The normalized spacial score (nSPS) is 16.3. The summed E-state index contributed by atoms with van der Waals surface area (Å²) >= 11 is 0. The third-order valence-corrected chi connectivity index (χ3v) is 4.48. The maximum absolute atomic E-state index is 11.2. The second kappa shape index (κ2) is 7.28. The molecule has 4 rings (SSSR count). The Bertz CT molecular complexity index is 1180. The fourth-order valence-corrected chi connectivity index (χ4v) is 3.22. The topological polar surface area (TPSA) is 133 Å². The molecule has 1 atom stereocenters. The second-order valence-electron chi connectivity index (χ2n) is 6.19. The van der Waals surface area contributed by atoms with Crippen LogP contribution in [0.3, 0.4) is 0 Å². The molecule has 0 spiro atoms. The highest BCUT2D eigenvalue weighted by atomic mass is 16.6. The van der Waals surface area contributed by atoms with Crippen molar-refractivity contribution in [1.29, 1.82) is 5.26 Å². The van der Waals surface area contributed by atoms with Gasteiger partial charge in [-0.15, -0.1) is 0 Å². The van der Waals surface area contributed by atoms with Gasteiger partial charge in [0.25, 0.3) is 0 Å². The van der Waals surface area contributed by atoms with E-state index in [1.165, 1.54) is 17.1 Å². The van der Waals surface area contributed by atoms with Crippen molar-refractivity contribution >= 4 is 17.3 Å². The molecule has 0 saturated carbocycles. The molecule has 29 heavy (non-hydrogen) atoms. The lowest BCUT2D eigenvalue weighted by Gasteiger charge is -2.29. The minimum Gasteiger partial charge on any atom is -0.438 e. The molecule has 0 saturated heterocycles. The number of imidazole rings is 1. The average molecular weight is 386 g/mol. The number of rotatable bonds is 4. The molecule has 3 heterocycles. The number of nitrogens with zero attached hydrogens (tertiary/aromatic N) is 5. The van der Waals surface area contributed by atoms with Gasteiger partial charge in [0.15, 0.2) is 5.76 Å². The summed E-state index contributed by atoms with van der Waals surface area (Å²) in [5, 5.41) is 20.9. The van der Waals surface area contributed by atoms with Crippen LogP contribution in [0.1, 0.15) is 17.0 Å². The first-order valence-electron chi connectivity index (χ1n) is 8.56. The predicted molar refractivity (Wildman–Crippen MR) is 103 cm³/mol. The summed E-state index contributed by atoms with van der Waals surface area (Å²) in [6.07, 6.45) is 5.83. The molecule has 9 heteroatoms. The van der Waals surface area contributed by atoms with Gasteiger partial charge in [-0.2, -0.15) is 5.26 Å². The van der Waals surface area contributed by atoms with Crippen molar-refractivity contribution < 1.29 is 9.66 Å². The van der Waals surface area contributed by atoms with E-state index in [1.807, 2.05) is 36.4 Å². The lowest BCUT2D eigenvalue weighted by molar-refractivity contribution is -0.389. The van der Waals surface area contributed by atoms with Crippen molar-refractivity contribution in [1.82, 2.24) is 14.5 Å². The number of hydrogen-bond donors (Lipinski definition) is 1. The number of nitrogens with two attached hydrogens (primary N) is 1. The summed E-state index contributed by atoms with van der Waals surface area (Å²) in [6.45, 7) is 0. The minimum absolute atomic E-state index is 0.0291. The van der Waals surface area contributed by atoms with Gasteiger partial charge in [-0.05, 0) is 21.5 Å². The zero-order valence-corrected chi connectivity index (χ0v) is 15.0. The zero-order chi connectivity index (χ0) is 20.4. The van der Waals surface area contributed by atoms with Gasteiger partial charge in [-0.25, -0.2) is 0 Å². The molecule has 9 nitrogen and oxygen atoms in total. The fraction of sp³-hybridized carbons (Fsp3) is 0.0500. The standard InChI is InChI=1S/C20H14N6O3/c21-9-15-17(14-7-4-8-23-10-14)18(25-11-16(24-12-25)26(27)28)19(29-20(15)22)13-5-2-1-3-6-13/h1-8,10-12,17H,22H2. The SMILES string of the molecule is N#CC1=C(N)OC(c2ccccc2)=C(n2cnc([N+](=O)[O-])c2)C1c1cccnc1. The maximum Gasteiger partial charge on any atom is 0.381 e.